The van der Waals surface area contributed by atoms with E-state index in [1.54, 1.807) is 7.11 Å². The molecule has 2 N–H and O–H groups in total. The Labute approximate surface area is 136 Å². The number of hydrogen-bond donors (Lipinski definition) is 1. The van der Waals surface area contributed by atoms with Crippen molar-refractivity contribution in [3.8, 4) is 5.75 Å². The van der Waals surface area contributed by atoms with E-state index in [-0.39, 0.29) is 12.6 Å². The SMILES string of the molecule is COc1ccc(CCC(N)(C2OC(C)O2)C2OC(C)O2)cc1C. The van der Waals surface area contributed by atoms with Crippen LogP contribution in [0.15, 0.2) is 18.2 Å². The molecule has 2 saturated heterocycles. The molecule has 1 aromatic carbocycles. The number of nitrogens with two attached hydrogens (primary N) is 1. The van der Waals surface area contributed by atoms with E-state index in [2.05, 4.69) is 6.07 Å². The molecule has 1 aromatic rings. The maximum Gasteiger partial charge on any atom is 0.186 e. The van der Waals surface area contributed by atoms with Crippen LogP contribution >= 0.6 is 0 Å². The largest absolute Gasteiger partial charge is 0.496 e. The first-order chi connectivity index (χ1) is 10.9. The highest BCUT2D eigenvalue weighted by atomic mass is 16.9. The molecule has 0 radical (unpaired) electrons. The van der Waals surface area contributed by atoms with Crippen LogP contribution < -0.4 is 10.5 Å². The van der Waals surface area contributed by atoms with Crippen molar-refractivity contribution in [3.63, 3.8) is 0 Å². The number of aryl methyl sites for hydroxylation is 2. The van der Waals surface area contributed by atoms with E-state index in [0.717, 1.165) is 17.7 Å². The van der Waals surface area contributed by atoms with Crippen LogP contribution in [0.1, 0.15) is 31.4 Å². The summed E-state index contributed by atoms with van der Waals surface area (Å²) >= 11 is 0. The van der Waals surface area contributed by atoms with Crippen LogP contribution in [0.5, 0.6) is 5.75 Å². The number of rotatable bonds is 6. The predicted molar refractivity (Wildman–Crippen MR) is 83.8 cm³/mol. The smallest absolute Gasteiger partial charge is 0.186 e. The normalized spacial score (nSPS) is 32.6. The van der Waals surface area contributed by atoms with Gasteiger partial charge < -0.3 is 29.4 Å². The van der Waals surface area contributed by atoms with Crippen LogP contribution in [-0.2, 0) is 25.4 Å². The van der Waals surface area contributed by atoms with E-state index in [0.29, 0.717) is 6.42 Å². The van der Waals surface area contributed by atoms with Gasteiger partial charge in [-0.2, -0.15) is 0 Å². The number of hydrogen-bond acceptors (Lipinski definition) is 6. The Hall–Kier alpha value is -1.18. The first kappa shape index (κ1) is 16.7. The fraction of sp³-hybridized carbons (Fsp3) is 0.647. The summed E-state index contributed by atoms with van der Waals surface area (Å²) < 4.78 is 27.8. The molecule has 0 saturated carbocycles. The summed E-state index contributed by atoms with van der Waals surface area (Å²) in [6.07, 6.45) is -0.0691. The maximum absolute atomic E-state index is 6.55. The highest BCUT2D eigenvalue weighted by molar-refractivity contribution is 5.36. The molecule has 0 atom stereocenters. The third-order valence-electron chi connectivity index (χ3n) is 4.44. The molecule has 0 amide bonds. The summed E-state index contributed by atoms with van der Waals surface area (Å²) in [5.74, 6) is 0.881. The second kappa shape index (κ2) is 6.37. The first-order valence-electron chi connectivity index (χ1n) is 7.96. The zero-order valence-corrected chi connectivity index (χ0v) is 14.1. The van der Waals surface area contributed by atoms with Gasteiger partial charge in [0.1, 0.15) is 11.3 Å². The highest BCUT2D eigenvalue weighted by Gasteiger charge is 2.54. The van der Waals surface area contributed by atoms with Crippen molar-refractivity contribution in [2.75, 3.05) is 7.11 Å². The van der Waals surface area contributed by atoms with E-state index < -0.39 is 18.1 Å². The summed E-state index contributed by atoms with van der Waals surface area (Å²) in [6, 6.07) is 6.12. The molecule has 2 aliphatic rings. The van der Waals surface area contributed by atoms with Crippen molar-refractivity contribution in [2.24, 2.45) is 5.73 Å². The molecule has 0 bridgehead atoms. The molecule has 3 rings (SSSR count). The standard InChI is InChI=1S/C17H25NO5/c1-10-9-13(5-6-14(10)19-4)7-8-17(18,15-20-11(2)21-15)16-22-12(3)23-16/h5-6,9,11-12,15-16H,7-8,18H2,1-4H3. The summed E-state index contributed by atoms with van der Waals surface area (Å²) in [4.78, 5) is 0. The molecule has 2 fully saturated rings. The van der Waals surface area contributed by atoms with Crippen LogP contribution in [0.25, 0.3) is 0 Å². The number of methoxy groups -OCH3 is 1. The van der Waals surface area contributed by atoms with Crippen LogP contribution in [0.3, 0.4) is 0 Å². The van der Waals surface area contributed by atoms with Gasteiger partial charge in [0, 0.05) is 0 Å². The third-order valence-corrected chi connectivity index (χ3v) is 4.44. The molecule has 0 unspecified atom stereocenters. The van der Waals surface area contributed by atoms with E-state index in [4.69, 9.17) is 29.4 Å². The van der Waals surface area contributed by atoms with Gasteiger partial charge in [-0.15, -0.1) is 0 Å². The average Bonchev–Trinajstić information content (AvgIpc) is 2.46. The van der Waals surface area contributed by atoms with Gasteiger partial charge >= 0.3 is 0 Å². The second-order valence-corrected chi connectivity index (χ2v) is 6.26. The first-order valence-corrected chi connectivity index (χ1v) is 7.96. The summed E-state index contributed by atoms with van der Waals surface area (Å²) in [5, 5.41) is 0. The van der Waals surface area contributed by atoms with Crippen molar-refractivity contribution in [3.05, 3.63) is 29.3 Å². The van der Waals surface area contributed by atoms with Gasteiger partial charge in [-0.3, -0.25) is 0 Å². The van der Waals surface area contributed by atoms with Crippen molar-refractivity contribution in [2.45, 2.75) is 64.3 Å². The fourth-order valence-corrected chi connectivity index (χ4v) is 3.03. The topological polar surface area (TPSA) is 72.2 Å². The van der Waals surface area contributed by atoms with Gasteiger partial charge in [0.15, 0.2) is 25.2 Å². The third kappa shape index (κ3) is 3.22. The minimum absolute atomic E-state index is 0.233. The minimum Gasteiger partial charge on any atom is -0.496 e. The lowest BCUT2D eigenvalue weighted by Gasteiger charge is -2.52. The Kier molecular flexibility index (Phi) is 4.62. The summed E-state index contributed by atoms with van der Waals surface area (Å²) in [5.41, 5.74) is 8.00. The van der Waals surface area contributed by atoms with Gasteiger partial charge in [0.05, 0.1) is 7.11 Å². The molecule has 6 nitrogen and oxygen atoms in total. The lowest BCUT2D eigenvalue weighted by atomic mass is 9.88. The Balaban J connectivity index is 1.68. The molecule has 0 spiro atoms. The molecular weight excluding hydrogens is 298 g/mol. The molecule has 0 aromatic heterocycles. The van der Waals surface area contributed by atoms with Gasteiger partial charge in [0.25, 0.3) is 0 Å². The zero-order valence-electron chi connectivity index (χ0n) is 14.1. The maximum atomic E-state index is 6.55. The number of benzene rings is 1. The second-order valence-electron chi connectivity index (χ2n) is 6.26. The quantitative estimate of drug-likeness (QED) is 0.864. The fourth-order valence-electron chi connectivity index (χ4n) is 3.03. The van der Waals surface area contributed by atoms with Gasteiger partial charge in [-0.1, -0.05) is 12.1 Å². The molecule has 2 aliphatic heterocycles. The molecule has 0 aliphatic carbocycles. The minimum atomic E-state index is -0.827. The van der Waals surface area contributed by atoms with E-state index in [9.17, 15) is 0 Å². The van der Waals surface area contributed by atoms with Crippen LogP contribution in [0.4, 0.5) is 0 Å². The van der Waals surface area contributed by atoms with Crippen LogP contribution in [0, 0.1) is 6.92 Å². The molecule has 2 heterocycles. The Bertz CT molecular complexity index is 534. The van der Waals surface area contributed by atoms with Gasteiger partial charge in [-0.25, -0.2) is 0 Å². The lowest BCUT2D eigenvalue weighted by molar-refractivity contribution is -0.458. The zero-order chi connectivity index (χ0) is 16.6. The van der Waals surface area contributed by atoms with Gasteiger partial charge in [-0.05, 0) is 50.8 Å². The Morgan fingerprint density at radius 2 is 1.65 bits per heavy atom. The molecular formula is C17H25NO5. The predicted octanol–water partition coefficient (Wildman–Crippen LogP) is 2.07. The Morgan fingerprint density at radius 1 is 1.09 bits per heavy atom. The van der Waals surface area contributed by atoms with Crippen LogP contribution in [0.2, 0.25) is 0 Å². The van der Waals surface area contributed by atoms with E-state index in [1.807, 2.05) is 32.9 Å². The monoisotopic (exact) mass is 323 g/mol. The average molecular weight is 323 g/mol. The molecule has 6 heteroatoms. The van der Waals surface area contributed by atoms with Gasteiger partial charge in [0.2, 0.25) is 0 Å². The van der Waals surface area contributed by atoms with Crippen molar-refractivity contribution in [1.29, 1.82) is 0 Å². The number of ether oxygens (including phenoxy) is 5. The van der Waals surface area contributed by atoms with Crippen molar-refractivity contribution < 1.29 is 23.7 Å². The molecule has 128 valence electrons. The van der Waals surface area contributed by atoms with Crippen molar-refractivity contribution >= 4 is 0 Å². The Morgan fingerprint density at radius 3 is 2.09 bits per heavy atom. The molecule has 23 heavy (non-hydrogen) atoms. The highest BCUT2D eigenvalue weighted by Crippen LogP contribution is 2.37. The van der Waals surface area contributed by atoms with E-state index in [1.165, 1.54) is 5.56 Å². The lowest BCUT2D eigenvalue weighted by Crippen LogP contribution is -2.71. The summed E-state index contributed by atoms with van der Waals surface area (Å²) in [6.45, 7) is 5.71. The van der Waals surface area contributed by atoms with E-state index >= 15 is 0 Å². The van der Waals surface area contributed by atoms with Crippen LogP contribution in [-0.4, -0.2) is 37.8 Å². The summed E-state index contributed by atoms with van der Waals surface area (Å²) in [7, 11) is 1.67. The van der Waals surface area contributed by atoms with Crippen molar-refractivity contribution in [1.82, 2.24) is 0 Å².